The van der Waals surface area contributed by atoms with Gasteiger partial charge < -0.3 is 10.6 Å². The molecule has 4 nitrogen and oxygen atoms in total. The average molecular weight is 351 g/mol. The summed E-state index contributed by atoms with van der Waals surface area (Å²) < 4.78 is 0. The average Bonchev–Trinajstić information content (AvgIpc) is 3.18. The minimum absolute atomic E-state index is 0.0784. The molecule has 2 aromatic rings. The molecule has 1 heterocycles. The predicted octanol–water partition coefficient (Wildman–Crippen LogP) is 2.93. The Morgan fingerprint density at radius 2 is 1.69 bits per heavy atom. The van der Waals surface area contributed by atoms with Crippen molar-refractivity contribution in [3.05, 3.63) is 71.3 Å². The fourth-order valence-electron chi connectivity index (χ4n) is 3.56. The van der Waals surface area contributed by atoms with Gasteiger partial charge in [-0.25, -0.2) is 0 Å². The molecular weight excluding hydrogens is 322 g/mol. The van der Waals surface area contributed by atoms with E-state index in [1.807, 2.05) is 41.3 Å². The maximum atomic E-state index is 13.0. The zero-order chi connectivity index (χ0) is 18.2. The van der Waals surface area contributed by atoms with Crippen LogP contribution in [-0.4, -0.2) is 48.4 Å². The third-order valence-corrected chi connectivity index (χ3v) is 4.98. The fourth-order valence-corrected chi connectivity index (χ4v) is 3.56. The molecule has 1 amide bonds. The van der Waals surface area contributed by atoms with Crippen molar-refractivity contribution in [2.75, 3.05) is 32.7 Å². The lowest BCUT2D eigenvalue weighted by molar-refractivity contribution is 0.0762. The highest BCUT2D eigenvalue weighted by Crippen LogP contribution is 2.15. The second kappa shape index (κ2) is 9.51. The molecule has 0 bridgehead atoms. The van der Waals surface area contributed by atoms with Crippen LogP contribution in [0.15, 0.2) is 54.6 Å². The third-order valence-electron chi connectivity index (χ3n) is 4.98. The number of carbonyl (C=O) groups excluding carboxylic acids is 1. The third kappa shape index (κ3) is 5.16. The summed E-state index contributed by atoms with van der Waals surface area (Å²) in [4.78, 5) is 17.3. The molecule has 0 aliphatic carbocycles. The van der Waals surface area contributed by atoms with Crippen molar-refractivity contribution in [3.8, 4) is 0 Å². The molecule has 4 heteroatoms. The number of carbonyl (C=O) groups is 1. The van der Waals surface area contributed by atoms with Gasteiger partial charge >= 0.3 is 0 Å². The molecule has 2 N–H and O–H groups in total. The monoisotopic (exact) mass is 351 g/mol. The molecule has 1 saturated heterocycles. The minimum atomic E-state index is 0.0784. The van der Waals surface area contributed by atoms with Gasteiger partial charge in [-0.3, -0.25) is 9.69 Å². The van der Waals surface area contributed by atoms with Crippen LogP contribution in [0.4, 0.5) is 0 Å². The van der Waals surface area contributed by atoms with Gasteiger partial charge in [-0.05, 0) is 55.6 Å². The normalized spacial score (nSPS) is 14.5. The fraction of sp³-hybridized carbons (Fsp3) is 0.409. The summed E-state index contributed by atoms with van der Waals surface area (Å²) in [5.41, 5.74) is 8.98. The Morgan fingerprint density at radius 1 is 0.962 bits per heavy atom. The number of benzene rings is 2. The number of nitrogens with zero attached hydrogens (tertiary/aromatic N) is 2. The van der Waals surface area contributed by atoms with Crippen molar-refractivity contribution in [3.63, 3.8) is 0 Å². The van der Waals surface area contributed by atoms with E-state index in [0.29, 0.717) is 19.6 Å². The van der Waals surface area contributed by atoms with E-state index in [9.17, 15) is 4.79 Å². The van der Waals surface area contributed by atoms with Crippen LogP contribution in [0.3, 0.4) is 0 Å². The maximum Gasteiger partial charge on any atom is 0.253 e. The first-order chi connectivity index (χ1) is 12.8. The molecule has 1 aliphatic heterocycles. The maximum absolute atomic E-state index is 13.0. The molecular formula is C22H29N3O. The second-order valence-corrected chi connectivity index (χ2v) is 7.00. The number of amides is 1. The molecule has 3 rings (SSSR count). The summed E-state index contributed by atoms with van der Waals surface area (Å²) >= 11 is 0. The van der Waals surface area contributed by atoms with Crippen LogP contribution >= 0.6 is 0 Å². The number of likely N-dealkylation sites (tertiary alicyclic amines) is 1. The lowest BCUT2D eigenvalue weighted by Gasteiger charge is -2.23. The zero-order valence-corrected chi connectivity index (χ0v) is 15.4. The van der Waals surface area contributed by atoms with Gasteiger partial charge in [0.05, 0.1) is 0 Å². The van der Waals surface area contributed by atoms with Crippen molar-refractivity contribution < 1.29 is 4.79 Å². The molecule has 0 aromatic heterocycles. The lowest BCUT2D eigenvalue weighted by atomic mass is 10.1. The Morgan fingerprint density at radius 3 is 2.42 bits per heavy atom. The highest BCUT2D eigenvalue weighted by atomic mass is 16.2. The standard InChI is InChI=1S/C22H29N3O/c23-12-16-25(15-11-19-7-2-1-3-8-19)22(26)21-10-6-9-20(17-21)18-24-13-4-5-14-24/h1-3,6-10,17H,4-5,11-16,18,23H2. The van der Waals surface area contributed by atoms with Crippen LogP contribution in [0, 0.1) is 0 Å². The van der Waals surface area contributed by atoms with Crippen LogP contribution in [0.5, 0.6) is 0 Å². The Labute approximate surface area is 156 Å². The Balaban J connectivity index is 1.65. The van der Waals surface area contributed by atoms with E-state index in [4.69, 9.17) is 5.73 Å². The topological polar surface area (TPSA) is 49.6 Å². The molecule has 1 aliphatic rings. The van der Waals surface area contributed by atoms with Gasteiger partial charge in [-0.1, -0.05) is 42.5 Å². The summed E-state index contributed by atoms with van der Waals surface area (Å²) in [7, 11) is 0. The summed E-state index contributed by atoms with van der Waals surface area (Å²) in [5, 5.41) is 0. The van der Waals surface area contributed by atoms with E-state index < -0.39 is 0 Å². The van der Waals surface area contributed by atoms with Crippen molar-refractivity contribution in [1.29, 1.82) is 0 Å². The smallest absolute Gasteiger partial charge is 0.253 e. The van der Waals surface area contributed by atoms with Crippen LogP contribution in [-0.2, 0) is 13.0 Å². The Bertz CT molecular complexity index is 696. The first kappa shape index (κ1) is 18.6. The Kier molecular flexibility index (Phi) is 6.81. The molecule has 2 aromatic carbocycles. The van der Waals surface area contributed by atoms with E-state index in [0.717, 1.165) is 31.6 Å². The number of hydrogen-bond donors (Lipinski definition) is 1. The molecule has 0 saturated carbocycles. The SMILES string of the molecule is NCCN(CCc1ccccc1)C(=O)c1cccc(CN2CCCC2)c1. The summed E-state index contributed by atoms with van der Waals surface area (Å²) in [6, 6.07) is 18.4. The second-order valence-electron chi connectivity index (χ2n) is 7.00. The van der Waals surface area contributed by atoms with E-state index in [1.54, 1.807) is 0 Å². The first-order valence-corrected chi connectivity index (χ1v) is 9.61. The van der Waals surface area contributed by atoms with Crippen LogP contribution in [0.1, 0.15) is 34.3 Å². The van der Waals surface area contributed by atoms with E-state index in [2.05, 4.69) is 23.1 Å². The molecule has 1 fully saturated rings. The van der Waals surface area contributed by atoms with Crippen molar-refractivity contribution in [1.82, 2.24) is 9.80 Å². The van der Waals surface area contributed by atoms with Gasteiger partial charge in [-0.15, -0.1) is 0 Å². The molecule has 26 heavy (non-hydrogen) atoms. The first-order valence-electron chi connectivity index (χ1n) is 9.61. The van der Waals surface area contributed by atoms with Gasteiger partial charge in [0.25, 0.3) is 5.91 Å². The molecule has 0 radical (unpaired) electrons. The molecule has 0 spiro atoms. The molecule has 138 valence electrons. The van der Waals surface area contributed by atoms with Crippen molar-refractivity contribution >= 4 is 5.91 Å². The number of nitrogens with two attached hydrogens (primary N) is 1. The van der Waals surface area contributed by atoms with Gasteiger partial charge in [0.15, 0.2) is 0 Å². The van der Waals surface area contributed by atoms with E-state index >= 15 is 0 Å². The lowest BCUT2D eigenvalue weighted by Crippen LogP contribution is -2.37. The number of rotatable bonds is 8. The summed E-state index contributed by atoms with van der Waals surface area (Å²) in [6.07, 6.45) is 3.41. The van der Waals surface area contributed by atoms with Crippen molar-refractivity contribution in [2.45, 2.75) is 25.8 Å². The van der Waals surface area contributed by atoms with Crippen LogP contribution in [0.2, 0.25) is 0 Å². The summed E-state index contributed by atoms with van der Waals surface area (Å²) in [6.45, 7) is 5.01. The van der Waals surface area contributed by atoms with E-state index in [1.165, 1.54) is 24.0 Å². The number of hydrogen-bond acceptors (Lipinski definition) is 3. The van der Waals surface area contributed by atoms with Gasteiger partial charge in [0, 0.05) is 31.7 Å². The largest absolute Gasteiger partial charge is 0.337 e. The van der Waals surface area contributed by atoms with Crippen LogP contribution in [0.25, 0.3) is 0 Å². The Hall–Kier alpha value is -2.17. The quantitative estimate of drug-likeness (QED) is 0.795. The zero-order valence-electron chi connectivity index (χ0n) is 15.4. The highest BCUT2D eigenvalue weighted by molar-refractivity contribution is 5.94. The summed E-state index contributed by atoms with van der Waals surface area (Å²) in [5.74, 6) is 0.0784. The predicted molar refractivity (Wildman–Crippen MR) is 106 cm³/mol. The van der Waals surface area contributed by atoms with E-state index in [-0.39, 0.29) is 5.91 Å². The van der Waals surface area contributed by atoms with Gasteiger partial charge in [0.2, 0.25) is 0 Å². The van der Waals surface area contributed by atoms with Gasteiger partial charge in [0.1, 0.15) is 0 Å². The van der Waals surface area contributed by atoms with Crippen molar-refractivity contribution in [2.24, 2.45) is 5.73 Å². The van der Waals surface area contributed by atoms with Crippen LogP contribution < -0.4 is 5.73 Å². The van der Waals surface area contributed by atoms with Gasteiger partial charge in [-0.2, -0.15) is 0 Å². The molecule has 0 atom stereocenters. The highest BCUT2D eigenvalue weighted by Gasteiger charge is 2.17. The molecule has 0 unspecified atom stereocenters. The minimum Gasteiger partial charge on any atom is -0.337 e.